The Morgan fingerprint density at radius 1 is 1.12 bits per heavy atom. The maximum atomic E-state index is 13.6. The molecule has 0 saturated heterocycles. The summed E-state index contributed by atoms with van der Waals surface area (Å²) >= 11 is 0. The monoisotopic (exact) mass is 459 g/mol. The van der Waals surface area contributed by atoms with Gasteiger partial charge in [-0.3, -0.25) is 8.63 Å². The van der Waals surface area contributed by atoms with Gasteiger partial charge in [-0.05, 0) is 67.4 Å². The molecule has 0 radical (unpaired) electrons. The van der Waals surface area contributed by atoms with E-state index in [1.165, 1.54) is 12.5 Å². The van der Waals surface area contributed by atoms with Crippen molar-refractivity contribution in [2.75, 3.05) is 13.6 Å². The quantitative estimate of drug-likeness (QED) is 0.497. The number of hydrogen-bond donors (Lipinski definition) is 1. The molecule has 5 nitrogen and oxygen atoms in total. The van der Waals surface area contributed by atoms with Crippen LogP contribution in [0.5, 0.6) is 0 Å². The Kier molecular flexibility index (Phi) is 6.79. The lowest BCUT2D eigenvalue weighted by Gasteiger charge is -2.33. The van der Waals surface area contributed by atoms with Gasteiger partial charge in [-0.25, -0.2) is 9.97 Å². The number of nitrogens with zero attached hydrogens (tertiary/aromatic N) is 4. The van der Waals surface area contributed by atoms with Gasteiger partial charge in [-0.15, -0.1) is 0 Å². The number of benzene rings is 1. The zero-order valence-electron chi connectivity index (χ0n) is 19.6. The molecule has 0 bridgehead atoms. The molecule has 34 heavy (non-hydrogen) atoms. The number of nitrogens with two attached hydrogens (primary N) is 1. The second kappa shape index (κ2) is 9.77. The van der Waals surface area contributed by atoms with E-state index >= 15 is 0 Å². The van der Waals surface area contributed by atoms with Crippen molar-refractivity contribution in [3.05, 3.63) is 96.0 Å². The van der Waals surface area contributed by atoms with E-state index in [2.05, 4.69) is 52.2 Å². The summed E-state index contributed by atoms with van der Waals surface area (Å²) in [5, 5.41) is 0. The highest BCUT2D eigenvalue weighted by Gasteiger charge is 2.35. The van der Waals surface area contributed by atoms with Gasteiger partial charge < -0.3 is 15.1 Å². The summed E-state index contributed by atoms with van der Waals surface area (Å²) in [6.07, 6.45) is 13.4. The molecule has 174 valence electrons. The number of aromatic nitrogens is 3. The average molecular weight is 459 g/mol. The first-order valence-corrected chi connectivity index (χ1v) is 11.2. The number of allylic oxidation sites excluding steroid dienone is 1. The van der Waals surface area contributed by atoms with Gasteiger partial charge in [-0.1, -0.05) is 42.5 Å². The van der Waals surface area contributed by atoms with Gasteiger partial charge in [0.25, 0.3) is 0 Å². The third-order valence-corrected chi connectivity index (χ3v) is 6.34. The Morgan fingerprint density at radius 3 is 2.47 bits per heavy atom. The number of likely N-dealkylation sites (N-methyl/N-ethyl adjacent to an activating group) is 1. The lowest BCUT2D eigenvalue weighted by Crippen LogP contribution is -2.36. The second-order valence-corrected chi connectivity index (χ2v) is 8.64. The van der Waals surface area contributed by atoms with E-state index in [9.17, 15) is 8.63 Å². The van der Waals surface area contributed by atoms with Crippen LogP contribution in [0.3, 0.4) is 0 Å². The van der Waals surface area contributed by atoms with Gasteiger partial charge in [0.1, 0.15) is 6.33 Å². The van der Waals surface area contributed by atoms with Crippen LogP contribution in [0.1, 0.15) is 31.5 Å². The lowest BCUT2D eigenvalue weighted by atomic mass is 9.99. The topological polar surface area (TPSA) is 60.0 Å². The zero-order chi connectivity index (χ0) is 24.3. The fourth-order valence-electron chi connectivity index (χ4n) is 4.54. The molecule has 2 N–H and O–H groups in total. The maximum absolute atomic E-state index is 13.6. The summed E-state index contributed by atoms with van der Waals surface area (Å²) in [4.78, 5) is 10.3. The first kappa shape index (κ1) is 23.6. The second-order valence-electron chi connectivity index (χ2n) is 8.64. The van der Waals surface area contributed by atoms with E-state index in [4.69, 9.17) is 5.73 Å². The van der Waals surface area contributed by atoms with E-state index in [1.807, 2.05) is 26.1 Å². The first-order valence-electron chi connectivity index (χ1n) is 11.2. The normalized spacial score (nSPS) is 19.6. The van der Waals surface area contributed by atoms with Gasteiger partial charge in [0.2, 0.25) is 0 Å². The smallest absolute Gasteiger partial charge is 0.362 e. The Balaban J connectivity index is 1.64. The molecule has 1 aliphatic rings. The molecule has 0 spiro atoms. The van der Waals surface area contributed by atoms with Crippen molar-refractivity contribution >= 4 is 19.1 Å². The Hall–Kier alpha value is -3.52. The molecule has 3 aromatic rings. The Bertz CT molecular complexity index is 1230. The van der Waals surface area contributed by atoms with Crippen molar-refractivity contribution < 1.29 is 8.63 Å². The van der Waals surface area contributed by atoms with Gasteiger partial charge in [0.15, 0.2) is 0 Å². The molecule has 8 heteroatoms. The van der Waals surface area contributed by atoms with Crippen molar-refractivity contribution in [3.8, 4) is 11.1 Å². The van der Waals surface area contributed by atoms with E-state index in [-0.39, 0.29) is 0 Å². The molecule has 4 rings (SSSR count). The molecule has 2 aromatic heterocycles. The molecule has 0 fully saturated rings. The largest absolute Gasteiger partial charge is 0.677 e. The van der Waals surface area contributed by atoms with Gasteiger partial charge in [-0.2, -0.15) is 0 Å². The SMILES string of the molecule is CC1=CC(C)(/C=C/c2ccc(-c3cncnc3)cc2)N(C)/C1=C(/CCN)c1cccn1B(F)F. The molecule has 0 saturated carbocycles. The van der Waals surface area contributed by atoms with E-state index in [1.54, 1.807) is 24.5 Å². The highest BCUT2D eigenvalue weighted by Crippen LogP contribution is 2.40. The van der Waals surface area contributed by atoms with Crippen LogP contribution < -0.4 is 5.73 Å². The summed E-state index contributed by atoms with van der Waals surface area (Å²) in [6.45, 7) is 4.51. The predicted octanol–water partition coefficient (Wildman–Crippen LogP) is 5.14. The van der Waals surface area contributed by atoms with E-state index < -0.39 is 12.9 Å². The first-order chi connectivity index (χ1) is 16.3. The van der Waals surface area contributed by atoms with Gasteiger partial charge in [0.05, 0.1) is 5.54 Å². The molecular weight excluding hydrogens is 431 g/mol. The molecular formula is C26H28BF2N5. The lowest BCUT2D eigenvalue weighted by molar-refractivity contribution is 0.323. The van der Waals surface area contributed by atoms with Crippen LogP contribution in [0.2, 0.25) is 0 Å². The molecule has 1 unspecified atom stereocenters. The number of hydrogen-bond acceptors (Lipinski definition) is 4. The van der Waals surface area contributed by atoms with Crippen molar-refractivity contribution in [2.45, 2.75) is 25.8 Å². The molecule has 0 aliphatic carbocycles. The van der Waals surface area contributed by atoms with Crippen LogP contribution in [0, 0.1) is 0 Å². The molecule has 1 atom stereocenters. The van der Waals surface area contributed by atoms with E-state index in [0.717, 1.165) is 38.0 Å². The number of rotatable bonds is 7. The van der Waals surface area contributed by atoms with Crippen LogP contribution in [0.25, 0.3) is 22.8 Å². The van der Waals surface area contributed by atoms with Gasteiger partial charge in [0, 0.05) is 36.4 Å². The average Bonchev–Trinajstić information content (AvgIpc) is 3.41. The van der Waals surface area contributed by atoms with Crippen molar-refractivity contribution in [2.24, 2.45) is 5.73 Å². The summed E-state index contributed by atoms with van der Waals surface area (Å²) in [6, 6.07) is 11.6. The van der Waals surface area contributed by atoms with Crippen molar-refractivity contribution in [1.82, 2.24) is 19.3 Å². The highest BCUT2D eigenvalue weighted by molar-refractivity contribution is 6.41. The molecule has 1 aromatic carbocycles. The summed E-state index contributed by atoms with van der Waals surface area (Å²) in [5.74, 6) is 0. The minimum atomic E-state index is -2.61. The highest BCUT2D eigenvalue weighted by atomic mass is 19.2. The van der Waals surface area contributed by atoms with Crippen LogP contribution in [-0.2, 0) is 0 Å². The summed E-state index contributed by atoms with van der Waals surface area (Å²) < 4.78 is 28.2. The van der Waals surface area contributed by atoms with E-state index in [0.29, 0.717) is 18.7 Å². The molecule has 3 heterocycles. The molecule has 1 aliphatic heterocycles. The third-order valence-electron chi connectivity index (χ3n) is 6.34. The third kappa shape index (κ3) is 4.59. The predicted molar refractivity (Wildman–Crippen MR) is 135 cm³/mol. The fraction of sp³-hybridized carbons (Fsp3) is 0.231. The Labute approximate surface area is 199 Å². The maximum Gasteiger partial charge on any atom is 0.677 e. The summed E-state index contributed by atoms with van der Waals surface area (Å²) in [5.41, 5.74) is 11.9. The zero-order valence-corrected chi connectivity index (χ0v) is 19.6. The van der Waals surface area contributed by atoms with Crippen molar-refractivity contribution in [1.29, 1.82) is 0 Å². The summed E-state index contributed by atoms with van der Waals surface area (Å²) in [7, 11) is -0.608. The fourth-order valence-corrected chi connectivity index (χ4v) is 4.54. The standard InChI is InChI=1S/C26H28BF2N5/c1-19-15-26(2,12-10-20-6-8-21(9-7-20)22-16-31-18-32-17-22)33(3)25(19)23(11-13-30)24-5-4-14-34(24)27(28)29/h4-10,12,14-18H,11,13,30H2,1-3H3/b12-10+,25-23-. The van der Waals surface area contributed by atoms with Crippen molar-refractivity contribution in [3.63, 3.8) is 0 Å². The van der Waals surface area contributed by atoms with Crippen LogP contribution in [0.4, 0.5) is 8.63 Å². The molecule has 0 amide bonds. The number of halogens is 2. The van der Waals surface area contributed by atoms with Crippen LogP contribution >= 0.6 is 0 Å². The minimum Gasteiger partial charge on any atom is -0.362 e. The van der Waals surface area contributed by atoms with Crippen LogP contribution in [0.15, 0.2) is 84.7 Å². The van der Waals surface area contributed by atoms with Crippen LogP contribution in [-0.4, -0.2) is 45.9 Å². The van der Waals surface area contributed by atoms with Gasteiger partial charge >= 0.3 is 7.40 Å². The Morgan fingerprint density at radius 2 is 1.82 bits per heavy atom. The minimum absolute atomic E-state index is 0.375.